The summed E-state index contributed by atoms with van der Waals surface area (Å²) in [7, 11) is 0. The minimum atomic E-state index is -1.11. The molecule has 0 aromatic heterocycles. The van der Waals surface area contributed by atoms with Gasteiger partial charge in [-0.1, -0.05) is 176 Å². The number of aliphatic hydroxyl groups is 4. The number of unbranched alkanes of at least 4 members (excludes halogenated alkanes) is 22. The van der Waals surface area contributed by atoms with E-state index in [0.717, 1.165) is 64.2 Å². The molecule has 0 spiro atoms. The lowest BCUT2D eigenvalue weighted by Gasteiger charge is -2.23. The number of rotatable bonds is 36. The molecule has 0 amide bonds. The Hall–Kier alpha value is -2.81. The molecule has 0 aromatic carbocycles. The van der Waals surface area contributed by atoms with Crippen LogP contribution in [0.3, 0.4) is 0 Å². The van der Waals surface area contributed by atoms with Crippen molar-refractivity contribution in [3.8, 4) is 0 Å². The molecule has 0 aliphatic heterocycles. The number of carboxylic acids is 5. The third kappa shape index (κ3) is 81.6. The van der Waals surface area contributed by atoms with Crippen molar-refractivity contribution in [2.75, 3.05) is 26.4 Å². The van der Waals surface area contributed by atoms with Gasteiger partial charge in [0.1, 0.15) is 0 Å². The average molecular weight is 885 g/mol. The van der Waals surface area contributed by atoms with Crippen LogP contribution in [0.5, 0.6) is 0 Å². The number of carboxylic acid groups (broad SMARTS) is 5. The Morgan fingerprint density at radius 1 is 0.262 bits per heavy atom. The topological polar surface area (TPSA) is 267 Å². The van der Waals surface area contributed by atoms with Gasteiger partial charge >= 0.3 is 29.8 Å². The Morgan fingerprint density at radius 2 is 0.393 bits per heavy atom. The van der Waals surface area contributed by atoms with Crippen LogP contribution in [0.25, 0.3) is 0 Å². The van der Waals surface area contributed by atoms with E-state index in [0.29, 0.717) is 32.1 Å². The van der Waals surface area contributed by atoms with E-state index in [2.05, 4.69) is 34.6 Å². The molecule has 0 aromatic rings. The zero-order valence-corrected chi connectivity index (χ0v) is 39.5. The van der Waals surface area contributed by atoms with Crippen LogP contribution in [0.15, 0.2) is 0 Å². The van der Waals surface area contributed by atoms with Crippen LogP contribution >= 0.6 is 0 Å². The first-order valence-electron chi connectivity index (χ1n) is 23.6. The molecule has 0 bridgehead atoms. The quantitative estimate of drug-likeness (QED) is 0.0265. The highest BCUT2D eigenvalue weighted by Gasteiger charge is 2.26. The number of hydrogen-bond acceptors (Lipinski definition) is 9. The van der Waals surface area contributed by atoms with Crippen molar-refractivity contribution < 1.29 is 69.9 Å². The maximum absolute atomic E-state index is 10.1. The summed E-state index contributed by atoms with van der Waals surface area (Å²) in [6.07, 6.45) is 32.2. The van der Waals surface area contributed by atoms with Gasteiger partial charge in [0.25, 0.3) is 0 Å². The molecular formula is C47H96O14. The van der Waals surface area contributed by atoms with E-state index in [-0.39, 0.29) is 0 Å². The van der Waals surface area contributed by atoms with E-state index in [1.54, 1.807) is 0 Å². The van der Waals surface area contributed by atoms with Crippen molar-refractivity contribution in [3.63, 3.8) is 0 Å². The summed E-state index contributed by atoms with van der Waals surface area (Å²) in [4.78, 5) is 50.3. The molecule has 0 radical (unpaired) electrons. The van der Waals surface area contributed by atoms with Crippen molar-refractivity contribution in [1.82, 2.24) is 0 Å². The first kappa shape index (κ1) is 69.9. The molecule has 0 heterocycles. The zero-order valence-electron chi connectivity index (χ0n) is 39.5. The van der Waals surface area contributed by atoms with Crippen LogP contribution in [0.2, 0.25) is 0 Å². The number of carbonyl (C=O) groups is 5. The van der Waals surface area contributed by atoms with Crippen molar-refractivity contribution in [1.29, 1.82) is 0 Å². The molecule has 0 saturated carbocycles. The molecule has 0 atom stereocenters. The molecule has 0 unspecified atom stereocenters. The van der Waals surface area contributed by atoms with Crippen molar-refractivity contribution in [2.24, 2.45) is 5.41 Å². The Labute approximate surface area is 371 Å². The van der Waals surface area contributed by atoms with Gasteiger partial charge < -0.3 is 46.0 Å². The number of hydrogen-bond donors (Lipinski definition) is 9. The first-order chi connectivity index (χ1) is 29.1. The zero-order chi connectivity index (χ0) is 47.8. The second-order valence-corrected chi connectivity index (χ2v) is 15.6. The van der Waals surface area contributed by atoms with Crippen LogP contribution in [-0.2, 0) is 24.0 Å². The number of aliphatic carboxylic acids is 5. The van der Waals surface area contributed by atoms with E-state index < -0.39 is 61.7 Å². The van der Waals surface area contributed by atoms with Crippen molar-refractivity contribution in [3.05, 3.63) is 0 Å². The SMILES string of the molecule is CCCCCCCC(=O)O.CCCCCCCC(=O)O.CCCCCCCC(=O)O.CCCCCCCC(=O)O.CCCCCCCCCC(=O)O.OCC(CO)(CO)CO. The molecule has 14 nitrogen and oxygen atoms in total. The Balaban J connectivity index is -0.000000149. The van der Waals surface area contributed by atoms with Crippen LogP contribution < -0.4 is 0 Å². The minimum Gasteiger partial charge on any atom is -0.481 e. The third-order valence-electron chi connectivity index (χ3n) is 9.31. The lowest BCUT2D eigenvalue weighted by atomic mass is 9.93. The van der Waals surface area contributed by atoms with Crippen LogP contribution in [0.4, 0.5) is 0 Å². The predicted molar refractivity (Wildman–Crippen MR) is 245 cm³/mol. The fourth-order valence-electron chi connectivity index (χ4n) is 5.05. The fraction of sp³-hybridized carbons (Fsp3) is 0.894. The van der Waals surface area contributed by atoms with Crippen LogP contribution in [0, 0.1) is 5.41 Å². The molecule has 14 heteroatoms. The summed E-state index contributed by atoms with van der Waals surface area (Å²) in [6, 6.07) is 0. The lowest BCUT2D eigenvalue weighted by molar-refractivity contribution is -0.138. The van der Waals surface area contributed by atoms with E-state index in [4.69, 9.17) is 46.0 Å². The van der Waals surface area contributed by atoms with Gasteiger partial charge in [0.2, 0.25) is 0 Å². The van der Waals surface area contributed by atoms with E-state index in [1.807, 2.05) is 0 Å². The van der Waals surface area contributed by atoms with Gasteiger partial charge in [0, 0.05) is 32.1 Å². The summed E-state index contributed by atoms with van der Waals surface area (Å²) < 4.78 is 0. The molecular weight excluding hydrogens is 789 g/mol. The molecule has 0 saturated heterocycles. The van der Waals surface area contributed by atoms with Gasteiger partial charge in [-0.3, -0.25) is 24.0 Å². The third-order valence-corrected chi connectivity index (χ3v) is 9.31. The van der Waals surface area contributed by atoms with Gasteiger partial charge in [-0.25, -0.2) is 0 Å². The molecule has 368 valence electrons. The first-order valence-corrected chi connectivity index (χ1v) is 23.6. The van der Waals surface area contributed by atoms with E-state index in [1.165, 1.54) is 109 Å². The molecule has 9 N–H and O–H groups in total. The Bertz CT molecular complexity index is 796. The fourth-order valence-corrected chi connectivity index (χ4v) is 5.05. The van der Waals surface area contributed by atoms with Crippen molar-refractivity contribution >= 4 is 29.8 Å². The highest BCUT2D eigenvalue weighted by Crippen LogP contribution is 2.12. The van der Waals surface area contributed by atoms with Crippen LogP contribution in [0.1, 0.15) is 240 Å². The smallest absolute Gasteiger partial charge is 0.303 e. The van der Waals surface area contributed by atoms with Crippen molar-refractivity contribution in [2.45, 2.75) is 240 Å². The second kappa shape index (κ2) is 61.5. The minimum absolute atomic E-state index is 0.337. The number of aliphatic hydroxyl groups excluding tert-OH is 4. The predicted octanol–water partition coefficient (Wildman–Crippen LogP) is 10.9. The van der Waals surface area contributed by atoms with Gasteiger partial charge in [-0.05, 0) is 32.1 Å². The average Bonchev–Trinajstić information content (AvgIpc) is 3.22. The van der Waals surface area contributed by atoms with Crippen LogP contribution in [-0.4, -0.2) is 102 Å². The Morgan fingerprint density at radius 3 is 0.492 bits per heavy atom. The molecule has 0 aliphatic carbocycles. The summed E-state index contributed by atoms with van der Waals surface area (Å²) in [5.41, 5.74) is -1.11. The Kier molecular flexibility index (Phi) is 70.4. The van der Waals surface area contributed by atoms with E-state index in [9.17, 15) is 24.0 Å². The molecule has 0 aliphatic rings. The summed E-state index contributed by atoms with van der Waals surface area (Å²) >= 11 is 0. The highest BCUT2D eigenvalue weighted by atomic mass is 16.4. The largest absolute Gasteiger partial charge is 0.481 e. The maximum atomic E-state index is 10.1. The molecule has 0 rings (SSSR count). The summed E-state index contributed by atoms with van der Waals surface area (Å²) in [5.74, 6) is -3.34. The second-order valence-electron chi connectivity index (χ2n) is 15.6. The highest BCUT2D eigenvalue weighted by molar-refractivity contribution is 5.67. The normalized spacial score (nSPS) is 10.1. The summed E-state index contributed by atoms with van der Waals surface area (Å²) in [5, 5.41) is 75.4. The maximum Gasteiger partial charge on any atom is 0.303 e. The van der Waals surface area contributed by atoms with E-state index >= 15 is 0 Å². The molecule has 61 heavy (non-hydrogen) atoms. The van der Waals surface area contributed by atoms with Gasteiger partial charge in [-0.2, -0.15) is 0 Å². The van der Waals surface area contributed by atoms with Gasteiger partial charge in [0.15, 0.2) is 0 Å². The lowest BCUT2D eigenvalue weighted by Crippen LogP contribution is -2.37. The standard InChI is InChI=1S/C10H20O2.4C8H16O2.C5H12O4/c1-2-3-4-5-6-7-8-9-10(11)12;4*1-2-3-4-5-6-7-8(9)10;6-1-5(2-7,3-8)4-9/h2-9H2,1H3,(H,11,12);4*2-7H2,1H3,(H,9,10);6-9H,1-4H2. The van der Waals surface area contributed by atoms with Gasteiger partial charge in [0.05, 0.1) is 31.8 Å². The van der Waals surface area contributed by atoms with Gasteiger partial charge in [-0.15, -0.1) is 0 Å². The monoisotopic (exact) mass is 885 g/mol. The molecule has 0 fully saturated rings. The summed E-state index contributed by atoms with van der Waals surface area (Å²) in [6.45, 7) is 9.17.